The van der Waals surface area contributed by atoms with Gasteiger partial charge in [-0.3, -0.25) is 0 Å². The van der Waals surface area contributed by atoms with E-state index in [1.54, 1.807) is 6.07 Å². The molecule has 2 fully saturated rings. The molecule has 0 aromatic heterocycles. The third-order valence-corrected chi connectivity index (χ3v) is 5.30. The van der Waals surface area contributed by atoms with Crippen LogP contribution in [0, 0.1) is 5.82 Å². The molecule has 1 aliphatic carbocycles. The minimum absolute atomic E-state index is 0.0550. The van der Waals surface area contributed by atoms with Gasteiger partial charge in [0.2, 0.25) is 0 Å². The Morgan fingerprint density at radius 3 is 2.70 bits per heavy atom. The lowest BCUT2D eigenvalue weighted by Crippen LogP contribution is -2.25. The summed E-state index contributed by atoms with van der Waals surface area (Å²) in [7, 11) is 0. The quantitative estimate of drug-likeness (QED) is 0.708. The number of alkyl halides is 1. The van der Waals surface area contributed by atoms with E-state index in [1.165, 1.54) is 38.2 Å². The van der Waals surface area contributed by atoms with E-state index in [0.29, 0.717) is 5.88 Å². The van der Waals surface area contributed by atoms with Gasteiger partial charge in [-0.15, -0.1) is 11.6 Å². The largest absolute Gasteiger partial charge is 0.372 e. The van der Waals surface area contributed by atoms with Crippen LogP contribution in [-0.2, 0) is 4.74 Å². The first-order valence-electron chi connectivity index (χ1n) is 7.71. The first-order chi connectivity index (χ1) is 9.72. The Bertz CT molecular complexity index is 456. The average Bonchev–Trinajstić information content (AvgIpc) is 3.08. The van der Waals surface area contributed by atoms with E-state index >= 15 is 0 Å². The minimum Gasteiger partial charge on any atom is -0.372 e. The molecule has 0 amide bonds. The Morgan fingerprint density at radius 2 is 2.00 bits per heavy atom. The fourth-order valence-corrected chi connectivity index (χ4v) is 4.14. The van der Waals surface area contributed by atoms with E-state index in [9.17, 15) is 4.39 Å². The Hall–Kier alpha value is -0.600. The summed E-state index contributed by atoms with van der Waals surface area (Å²) < 4.78 is 20.2. The molecule has 0 radical (unpaired) electrons. The molecule has 20 heavy (non-hydrogen) atoms. The molecule has 0 bridgehead atoms. The van der Waals surface area contributed by atoms with E-state index in [4.69, 9.17) is 16.3 Å². The first-order valence-corrected chi connectivity index (χ1v) is 8.24. The van der Waals surface area contributed by atoms with Crippen LogP contribution in [0.15, 0.2) is 24.3 Å². The van der Waals surface area contributed by atoms with Crippen LogP contribution in [0.2, 0.25) is 0 Å². The van der Waals surface area contributed by atoms with Crippen LogP contribution in [0.4, 0.5) is 4.39 Å². The number of benzene rings is 1. The lowest BCUT2D eigenvalue weighted by Gasteiger charge is -2.25. The molecular formula is C17H22ClFO. The van der Waals surface area contributed by atoms with Crippen molar-refractivity contribution in [2.24, 2.45) is 0 Å². The van der Waals surface area contributed by atoms with Crippen molar-refractivity contribution in [1.29, 1.82) is 0 Å². The second-order valence-corrected chi connectivity index (χ2v) is 6.59. The molecule has 0 N–H and O–H groups in total. The molecule has 1 heterocycles. The van der Waals surface area contributed by atoms with Gasteiger partial charge < -0.3 is 4.74 Å². The summed E-state index contributed by atoms with van der Waals surface area (Å²) in [4.78, 5) is 0. The zero-order chi connectivity index (χ0) is 14.0. The number of rotatable bonds is 4. The first kappa shape index (κ1) is 14.3. The molecule has 1 nitrogen and oxygen atoms in total. The Balaban J connectivity index is 1.66. The van der Waals surface area contributed by atoms with Gasteiger partial charge in [0, 0.05) is 11.8 Å². The third kappa shape index (κ3) is 2.87. The molecule has 3 rings (SSSR count). The van der Waals surface area contributed by atoms with Gasteiger partial charge in [0.25, 0.3) is 0 Å². The lowest BCUT2D eigenvalue weighted by atomic mass is 9.92. The predicted molar refractivity (Wildman–Crippen MR) is 79.8 cm³/mol. The number of hydrogen-bond acceptors (Lipinski definition) is 1. The molecule has 2 aliphatic rings. The van der Waals surface area contributed by atoms with Crippen molar-refractivity contribution >= 4 is 11.6 Å². The van der Waals surface area contributed by atoms with Crippen molar-refractivity contribution in [3.63, 3.8) is 0 Å². The van der Waals surface area contributed by atoms with Crippen molar-refractivity contribution in [3.8, 4) is 0 Å². The summed E-state index contributed by atoms with van der Waals surface area (Å²) in [5.41, 5.74) is 0.884. The van der Waals surface area contributed by atoms with E-state index in [1.807, 2.05) is 12.1 Å². The maximum atomic E-state index is 13.9. The van der Waals surface area contributed by atoms with E-state index in [2.05, 4.69) is 0 Å². The molecule has 110 valence electrons. The molecule has 1 aliphatic heterocycles. The standard InChI is InChI=1S/C17H22ClFO/c18-12-13(15-5-1-2-6-16(15)19)11-14-7-10-17(20-14)8-3-4-9-17/h1-2,5-6,13-14H,3-4,7-12H2. The normalized spacial score (nSPS) is 26.2. The van der Waals surface area contributed by atoms with E-state index < -0.39 is 0 Å². The number of halogens is 2. The Labute approximate surface area is 125 Å². The van der Waals surface area contributed by atoms with Crippen molar-refractivity contribution in [1.82, 2.24) is 0 Å². The predicted octanol–water partition coefficient (Wildman–Crippen LogP) is 5.03. The molecule has 2 atom stereocenters. The number of ether oxygens (including phenoxy) is 1. The molecule has 1 aromatic rings. The van der Waals surface area contributed by atoms with Crippen LogP contribution in [0.5, 0.6) is 0 Å². The van der Waals surface area contributed by atoms with Gasteiger partial charge in [-0.25, -0.2) is 4.39 Å². The lowest BCUT2D eigenvalue weighted by molar-refractivity contribution is -0.0405. The molecule has 1 saturated heterocycles. The van der Waals surface area contributed by atoms with Crippen LogP contribution < -0.4 is 0 Å². The van der Waals surface area contributed by atoms with Gasteiger partial charge in [-0.1, -0.05) is 31.0 Å². The van der Waals surface area contributed by atoms with Gasteiger partial charge in [0.05, 0.1) is 11.7 Å². The van der Waals surface area contributed by atoms with Gasteiger partial charge in [0.1, 0.15) is 5.82 Å². The molecular weight excluding hydrogens is 275 g/mol. The fraction of sp³-hybridized carbons (Fsp3) is 0.647. The summed E-state index contributed by atoms with van der Waals surface area (Å²) in [6, 6.07) is 6.97. The van der Waals surface area contributed by atoms with E-state index in [-0.39, 0.29) is 23.4 Å². The van der Waals surface area contributed by atoms with Crippen molar-refractivity contribution in [3.05, 3.63) is 35.6 Å². The van der Waals surface area contributed by atoms with Crippen LogP contribution in [-0.4, -0.2) is 17.6 Å². The molecule has 1 spiro atoms. The summed E-state index contributed by atoms with van der Waals surface area (Å²) >= 11 is 6.08. The maximum Gasteiger partial charge on any atom is 0.126 e. The zero-order valence-corrected chi connectivity index (χ0v) is 12.5. The maximum absolute atomic E-state index is 13.9. The molecule has 3 heteroatoms. The Kier molecular flexibility index (Phi) is 4.32. The molecule has 1 aromatic carbocycles. The summed E-state index contributed by atoms with van der Waals surface area (Å²) in [5, 5.41) is 0. The van der Waals surface area contributed by atoms with Crippen LogP contribution in [0.3, 0.4) is 0 Å². The minimum atomic E-state index is -0.147. The summed E-state index contributed by atoms with van der Waals surface area (Å²) in [6.45, 7) is 0. The monoisotopic (exact) mass is 296 g/mol. The summed E-state index contributed by atoms with van der Waals surface area (Å²) in [5.74, 6) is 0.361. The van der Waals surface area contributed by atoms with Crippen molar-refractivity contribution in [2.75, 3.05) is 5.88 Å². The van der Waals surface area contributed by atoms with Crippen LogP contribution in [0.1, 0.15) is 56.4 Å². The smallest absolute Gasteiger partial charge is 0.126 e. The van der Waals surface area contributed by atoms with Crippen LogP contribution in [0.25, 0.3) is 0 Å². The average molecular weight is 297 g/mol. The number of hydrogen-bond donors (Lipinski definition) is 0. The second kappa shape index (κ2) is 6.03. The topological polar surface area (TPSA) is 9.23 Å². The highest BCUT2D eigenvalue weighted by Gasteiger charge is 2.42. The SMILES string of the molecule is Fc1ccccc1C(CCl)CC1CCC2(CCCC2)O1. The van der Waals surface area contributed by atoms with E-state index in [0.717, 1.165) is 18.4 Å². The van der Waals surface area contributed by atoms with Crippen molar-refractivity contribution in [2.45, 2.75) is 62.6 Å². The van der Waals surface area contributed by atoms with Gasteiger partial charge >= 0.3 is 0 Å². The second-order valence-electron chi connectivity index (χ2n) is 6.28. The highest BCUT2D eigenvalue weighted by atomic mass is 35.5. The van der Waals surface area contributed by atoms with Gasteiger partial charge in [-0.2, -0.15) is 0 Å². The highest BCUT2D eigenvalue weighted by Crippen LogP contribution is 2.45. The molecule has 2 unspecified atom stereocenters. The van der Waals surface area contributed by atoms with Gasteiger partial charge in [0.15, 0.2) is 0 Å². The highest BCUT2D eigenvalue weighted by molar-refractivity contribution is 6.18. The van der Waals surface area contributed by atoms with Crippen LogP contribution >= 0.6 is 11.6 Å². The van der Waals surface area contributed by atoms with Gasteiger partial charge in [-0.05, 0) is 43.7 Å². The summed E-state index contributed by atoms with van der Waals surface area (Å²) in [6.07, 6.45) is 8.34. The Morgan fingerprint density at radius 1 is 1.25 bits per heavy atom. The fourth-order valence-electron chi connectivity index (χ4n) is 3.85. The third-order valence-electron chi connectivity index (χ3n) is 4.93. The van der Waals surface area contributed by atoms with Crippen molar-refractivity contribution < 1.29 is 9.13 Å². The zero-order valence-electron chi connectivity index (χ0n) is 11.8. The molecule has 1 saturated carbocycles.